The molecular weight excluding hydrogens is 304 g/mol. The second-order valence-corrected chi connectivity index (χ2v) is 7.29. The van der Waals surface area contributed by atoms with Crippen molar-refractivity contribution in [2.75, 3.05) is 41.8 Å². The summed E-state index contributed by atoms with van der Waals surface area (Å²) in [5, 5.41) is 0. The summed E-state index contributed by atoms with van der Waals surface area (Å²) in [5.74, 6) is 2.77. The number of fused-ring (bicyclic) bond motifs is 1. The highest BCUT2D eigenvalue weighted by molar-refractivity contribution is 8.00. The van der Waals surface area contributed by atoms with Crippen molar-refractivity contribution < 1.29 is 9.59 Å². The predicted octanol–water partition coefficient (Wildman–Crippen LogP) is 2.09. The van der Waals surface area contributed by atoms with Crippen molar-refractivity contribution in [3.8, 4) is 0 Å². The number of carbonyl (C=O) groups is 2. The Bertz CT molecular complexity index is 544. The van der Waals surface area contributed by atoms with E-state index in [0.29, 0.717) is 18.7 Å². The van der Waals surface area contributed by atoms with Gasteiger partial charge in [0.25, 0.3) is 0 Å². The molecule has 0 bridgehead atoms. The van der Waals surface area contributed by atoms with Crippen molar-refractivity contribution >= 4 is 41.0 Å². The Hall–Kier alpha value is -1.14. The molecule has 0 unspecified atom stereocenters. The second kappa shape index (κ2) is 6.75. The average molecular weight is 322 g/mol. The van der Waals surface area contributed by atoms with E-state index in [1.165, 1.54) is 0 Å². The Kier molecular flexibility index (Phi) is 4.75. The largest absolute Gasteiger partial charge is 0.341 e. The van der Waals surface area contributed by atoms with Gasteiger partial charge in [0.15, 0.2) is 0 Å². The van der Waals surface area contributed by atoms with Gasteiger partial charge in [-0.2, -0.15) is 11.8 Å². The average Bonchev–Trinajstić information content (AvgIpc) is 2.54. The van der Waals surface area contributed by atoms with E-state index in [9.17, 15) is 9.59 Å². The lowest BCUT2D eigenvalue weighted by molar-refractivity contribution is -0.130. The zero-order valence-electron chi connectivity index (χ0n) is 11.8. The van der Waals surface area contributed by atoms with Crippen LogP contribution in [0.2, 0.25) is 0 Å². The molecule has 0 radical (unpaired) electrons. The van der Waals surface area contributed by atoms with Crippen molar-refractivity contribution in [2.45, 2.75) is 11.3 Å². The summed E-state index contributed by atoms with van der Waals surface area (Å²) in [7, 11) is 0. The fourth-order valence-corrected chi connectivity index (χ4v) is 4.42. The van der Waals surface area contributed by atoms with Crippen molar-refractivity contribution in [3.05, 3.63) is 24.3 Å². The van der Waals surface area contributed by atoms with Crippen molar-refractivity contribution in [3.63, 3.8) is 0 Å². The minimum Gasteiger partial charge on any atom is -0.341 e. The third-order valence-corrected chi connectivity index (χ3v) is 5.71. The minimum atomic E-state index is 0.0979. The van der Waals surface area contributed by atoms with E-state index in [1.54, 1.807) is 16.7 Å². The molecule has 2 amide bonds. The summed E-state index contributed by atoms with van der Waals surface area (Å²) >= 11 is 3.47. The number of benzene rings is 1. The van der Waals surface area contributed by atoms with Crippen LogP contribution in [-0.4, -0.2) is 53.6 Å². The van der Waals surface area contributed by atoms with E-state index in [2.05, 4.69) is 0 Å². The summed E-state index contributed by atoms with van der Waals surface area (Å²) in [6.45, 7) is 2.16. The van der Waals surface area contributed by atoms with Crippen LogP contribution in [0.25, 0.3) is 0 Å². The highest BCUT2D eigenvalue weighted by atomic mass is 32.2. The van der Waals surface area contributed by atoms with Crippen LogP contribution in [0.15, 0.2) is 29.2 Å². The van der Waals surface area contributed by atoms with Gasteiger partial charge in [0.2, 0.25) is 11.8 Å². The smallest absolute Gasteiger partial charge is 0.237 e. The normalized spacial score (nSPS) is 18.6. The number of anilines is 1. The first-order valence-electron chi connectivity index (χ1n) is 7.13. The molecule has 2 heterocycles. The molecule has 2 aliphatic heterocycles. The van der Waals surface area contributed by atoms with Crippen LogP contribution >= 0.6 is 23.5 Å². The number of hydrogen-bond acceptors (Lipinski definition) is 4. The van der Waals surface area contributed by atoms with Crippen molar-refractivity contribution in [1.29, 1.82) is 0 Å². The van der Waals surface area contributed by atoms with Gasteiger partial charge in [-0.05, 0) is 12.1 Å². The molecule has 4 nitrogen and oxygen atoms in total. The summed E-state index contributed by atoms with van der Waals surface area (Å²) in [5.41, 5.74) is 0.945. The zero-order chi connectivity index (χ0) is 14.7. The van der Waals surface area contributed by atoms with Gasteiger partial charge in [-0.3, -0.25) is 9.59 Å². The molecule has 21 heavy (non-hydrogen) atoms. The Morgan fingerprint density at radius 2 is 1.95 bits per heavy atom. The standard InChI is InChI=1S/C15H18N2O2S2/c18-14(16-7-9-20-10-8-16)5-6-17-12-3-1-2-4-13(12)21-11-15(17)19/h1-4H,5-11H2. The van der Waals surface area contributed by atoms with E-state index in [1.807, 2.05) is 40.9 Å². The first-order chi connectivity index (χ1) is 10.3. The van der Waals surface area contributed by atoms with Crippen molar-refractivity contribution in [1.82, 2.24) is 4.90 Å². The van der Waals surface area contributed by atoms with Crippen LogP contribution in [-0.2, 0) is 9.59 Å². The maximum absolute atomic E-state index is 12.2. The zero-order valence-corrected chi connectivity index (χ0v) is 13.4. The van der Waals surface area contributed by atoms with Gasteiger partial charge in [-0.25, -0.2) is 0 Å². The van der Waals surface area contributed by atoms with Gasteiger partial charge >= 0.3 is 0 Å². The maximum Gasteiger partial charge on any atom is 0.237 e. The highest BCUT2D eigenvalue weighted by Gasteiger charge is 2.25. The SMILES string of the molecule is O=C(CCN1C(=O)CSc2ccccc21)N1CCSCC1. The molecule has 0 aromatic heterocycles. The molecule has 1 aromatic rings. The Morgan fingerprint density at radius 3 is 2.76 bits per heavy atom. The van der Waals surface area contributed by atoms with Crippen LogP contribution < -0.4 is 4.90 Å². The molecule has 0 atom stereocenters. The molecular formula is C15H18N2O2S2. The van der Waals surface area contributed by atoms with Crippen LogP contribution in [0.5, 0.6) is 0 Å². The molecule has 1 aromatic carbocycles. The van der Waals surface area contributed by atoms with E-state index in [-0.39, 0.29) is 11.8 Å². The van der Waals surface area contributed by atoms with Crippen LogP contribution in [0.4, 0.5) is 5.69 Å². The van der Waals surface area contributed by atoms with E-state index in [4.69, 9.17) is 0 Å². The van der Waals surface area contributed by atoms with Crippen LogP contribution in [0.3, 0.4) is 0 Å². The van der Waals surface area contributed by atoms with Gasteiger partial charge in [-0.1, -0.05) is 12.1 Å². The number of hydrogen-bond donors (Lipinski definition) is 0. The fraction of sp³-hybridized carbons (Fsp3) is 0.467. The fourth-order valence-electron chi connectivity index (χ4n) is 2.58. The molecule has 0 saturated carbocycles. The first kappa shape index (κ1) is 14.8. The summed E-state index contributed by atoms with van der Waals surface area (Å²) < 4.78 is 0. The monoisotopic (exact) mass is 322 g/mol. The number of para-hydroxylation sites is 1. The summed E-state index contributed by atoms with van der Waals surface area (Å²) in [6.07, 6.45) is 0.412. The van der Waals surface area contributed by atoms with Gasteiger partial charge in [0.1, 0.15) is 0 Å². The van der Waals surface area contributed by atoms with Gasteiger partial charge < -0.3 is 9.80 Å². The molecule has 0 aliphatic carbocycles. The summed E-state index contributed by atoms with van der Waals surface area (Å²) in [4.78, 5) is 29.2. The Labute approximate surface area is 133 Å². The molecule has 6 heteroatoms. The number of nitrogens with zero attached hydrogens (tertiary/aromatic N) is 2. The van der Waals surface area contributed by atoms with Gasteiger partial charge in [0.05, 0.1) is 11.4 Å². The first-order valence-corrected chi connectivity index (χ1v) is 9.27. The molecule has 1 fully saturated rings. The quantitative estimate of drug-likeness (QED) is 0.854. The second-order valence-electron chi connectivity index (χ2n) is 5.04. The number of thioether (sulfide) groups is 2. The highest BCUT2D eigenvalue weighted by Crippen LogP contribution is 2.34. The number of rotatable bonds is 3. The summed E-state index contributed by atoms with van der Waals surface area (Å²) in [6, 6.07) is 7.91. The number of carbonyl (C=O) groups excluding carboxylic acids is 2. The molecule has 2 aliphatic rings. The van der Waals surface area contributed by atoms with E-state index >= 15 is 0 Å². The predicted molar refractivity (Wildman–Crippen MR) is 88.0 cm³/mol. The van der Waals surface area contributed by atoms with Crippen molar-refractivity contribution in [2.24, 2.45) is 0 Å². The topological polar surface area (TPSA) is 40.6 Å². The molecule has 0 N–H and O–H groups in total. The van der Waals surface area contributed by atoms with Gasteiger partial charge in [0, 0.05) is 42.5 Å². The van der Waals surface area contributed by atoms with E-state index in [0.717, 1.165) is 35.2 Å². The number of amides is 2. The lowest BCUT2D eigenvalue weighted by atomic mass is 10.2. The molecule has 1 saturated heterocycles. The molecule has 112 valence electrons. The maximum atomic E-state index is 12.2. The van der Waals surface area contributed by atoms with Gasteiger partial charge in [-0.15, -0.1) is 11.8 Å². The molecule has 3 rings (SSSR count). The molecule has 0 spiro atoms. The third-order valence-electron chi connectivity index (χ3n) is 3.72. The Balaban J connectivity index is 1.64. The lowest BCUT2D eigenvalue weighted by Crippen LogP contribution is -2.42. The Morgan fingerprint density at radius 1 is 1.19 bits per heavy atom. The van der Waals surface area contributed by atoms with Crippen LogP contribution in [0, 0.1) is 0 Å². The lowest BCUT2D eigenvalue weighted by Gasteiger charge is -2.30. The van der Waals surface area contributed by atoms with E-state index < -0.39 is 0 Å². The third kappa shape index (κ3) is 3.37. The van der Waals surface area contributed by atoms with Crippen LogP contribution in [0.1, 0.15) is 6.42 Å². The minimum absolute atomic E-state index is 0.0979.